The molecular formula is C25H21N5O2S. The lowest BCUT2D eigenvalue weighted by molar-refractivity contribution is -0.113. The third kappa shape index (κ3) is 3.89. The highest BCUT2D eigenvalue weighted by Crippen LogP contribution is 2.25. The Bertz CT molecular complexity index is 1560. The number of nitrogens with zero attached hydrogens (tertiary/aromatic N) is 4. The number of carbonyl (C=O) groups excluding carboxylic acids is 1. The summed E-state index contributed by atoms with van der Waals surface area (Å²) in [5, 5.41) is 12.7. The second kappa shape index (κ2) is 8.55. The normalized spacial score (nSPS) is 11.2. The fourth-order valence-corrected chi connectivity index (χ4v) is 4.54. The van der Waals surface area contributed by atoms with Crippen LogP contribution >= 0.6 is 11.8 Å². The molecule has 1 N–H and O–H groups in total. The van der Waals surface area contributed by atoms with Crippen LogP contribution in [0, 0.1) is 13.8 Å². The Hall–Kier alpha value is -3.91. The van der Waals surface area contributed by atoms with Crippen LogP contribution in [0.5, 0.6) is 0 Å². The first-order valence-electron chi connectivity index (χ1n) is 10.5. The van der Waals surface area contributed by atoms with Crippen LogP contribution in [0.1, 0.15) is 11.1 Å². The van der Waals surface area contributed by atoms with Crippen molar-refractivity contribution in [1.82, 2.24) is 19.2 Å². The molecule has 0 fully saturated rings. The lowest BCUT2D eigenvalue weighted by atomic mass is 10.1. The van der Waals surface area contributed by atoms with Crippen molar-refractivity contribution in [3.8, 4) is 5.69 Å². The number of fused-ring (bicyclic) bond motifs is 3. The van der Waals surface area contributed by atoms with Crippen LogP contribution in [0.4, 0.5) is 5.69 Å². The number of thioether (sulfide) groups is 1. The van der Waals surface area contributed by atoms with Gasteiger partial charge in [0.05, 0.1) is 22.3 Å². The summed E-state index contributed by atoms with van der Waals surface area (Å²) < 4.78 is 3.45. The SMILES string of the molecule is Cc1ccc(C)c(-n2c(=O)c3ccccc3n3c(SCC(=O)Nc4ccccc4)nnc23)c1. The van der Waals surface area contributed by atoms with Crippen molar-refractivity contribution in [1.29, 1.82) is 0 Å². The number of aromatic nitrogens is 4. The minimum Gasteiger partial charge on any atom is -0.325 e. The molecule has 3 aromatic carbocycles. The maximum atomic E-state index is 13.5. The summed E-state index contributed by atoms with van der Waals surface area (Å²) in [6, 6.07) is 22.7. The summed E-state index contributed by atoms with van der Waals surface area (Å²) >= 11 is 1.28. The molecule has 0 unspecified atom stereocenters. The quantitative estimate of drug-likeness (QED) is 0.398. The zero-order chi connectivity index (χ0) is 22.9. The monoisotopic (exact) mass is 455 g/mol. The van der Waals surface area contributed by atoms with E-state index < -0.39 is 0 Å². The molecule has 8 heteroatoms. The molecule has 0 radical (unpaired) electrons. The Balaban J connectivity index is 1.61. The van der Waals surface area contributed by atoms with Crippen LogP contribution in [-0.4, -0.2) is 30.8 Å². The van der Waals surface area contributed by atoms with Gasteiger partial charge in [0.1, 0.15) is 0 Å². The van der Waals surface area contributed by atoms with Crippen molar-refractivity contribution < 1.29 is 4.79 Å². The lowest BCUT2D eigenvalue weighted by Gasteiger charge is -2.14. The van der Waals surface area contributed by atoms with E-state index in [1.54, 1.807) is 10.6 Å². The molecule has 1 amide bonds. The molecule has 164 valence electrons. The molecule has 7 nitrogen and oxygen atoms in total. The number of hydrogen-bond acceptors (Lipinski definition) is 5. The van der Waals surface area contributed by atoms with Crippen LogP contribution in [0.25, 0.3) is 22.4 Å². The summed E-state index contributed by atoms with van der Waals surface area (Å²) in [7, 11) is 0. The topological polar surface area (TPSA) is 81.3 Å². The molecule has 0 saturated heterocycles. The Morgan fingerprint density at radius 3 is 2.55 bits per heavy atom. The number of hydrogen-bond donors (Lipinski definition) is 1. The molecule has 5 rings (SSSR count). The molecule has 0 aliphatic carbocycles. The van der Waals surface area contributed by atoms with Gasteiger partial charge >= 0.3 is 0 Å². The van der Waals surface area contributed by atoms with Crippen LogP contribution in [0.2, 0.25) is 0 Å². The van der Waals surface area contributed by atoms with Crippen molar-refractivity contribution in [3.05, 3.63) is 94.3 Å². The zero-order valence-corrected chi connectivity index (χ0v) is 19.0. The summed E-state index contributed by atoms with van der Waals surface area (Å²) in [5.41, 5.74) is 4.05. The van der Waals surface area contributed by atoms with Crippen LogP contribution < -0.4 is 10.9 Å². The number of benzene rings is 3. The number of carbonyl (C=O) groups is 1. The second-order valence-corrected chi connectivity index (χ2v) is 8.71. The summed E-state index contributed by atoms with van der Waals surface area (Å²) in [6.45, 7) is 3.95. The van der Waals surface area contributed by atoms with Crippen molar-refractivity contribution in [2.24, 2.45) is 0 Å². The van der Waals surface area contributed by atoms with E-state index in [1.807, 2.05) is 85.0 Å². The van der Waals surface area contributed by atoms with E-state index in [1.165, 1.54) is 11.8 Å². The van der Waals surface area contributed by atoms with Gasteiger partial charge in [-0.1, -0.05) is 54.2 Å². The predicted molar refractivity (Wildman–Crippen MR) is 131 cm³/mol. The van der Waals surface area contributed by atoms with Gasteiger partial charge in [-0.25, -0.2) is 4.57 Å². The number of para-hydroxylation sites is 2. The number of anilines is 1. The van der Waals surface area contributed by atoms with E-state index in [2.05, 4.69) is 15.5 Å². The molecule has 0 spiro atoms. The minimum atomic E-state index is -0.155. The third-order valence-electron chi connectivity index (χ3n) is 5.39. The Morgan fingerprint density at radius 1 is 0.970 bits per heavy atom. The van der Waals surface area contributed by atoms with Crippen LogP contribution in [0.15, 0.2) is 82.7 Å². The number of rotatable bonds is 5. The average molecular weight is 456 g/mol. The number of aryl methyl sites for hydroxylation is 2. The van der Waals surface area contributed by atoms with E-state index in [-0.39, 0.29) is 17.2 Å². The van der Waals surface area contributed by atoms with E-state index in [4.69, 9.17) is 0 Å². The molecule has 2 aromatic heterocycles. The molecule has 0 atom stereocenters. The van der Waals surface area contributed by atoms with Crippen molar-refractivity contribution in [3.63, 3.8) is 0 Å². The molecule has 2 heterocycles. The fourth-order valence-electron chi connectivity index (χ4n) is 3.80. The van der Waals surface area contributed by atoms with Gasteiger partial charge in [0.2, 0.25) is 11.7 Å². The smallest absolute Gasteiger partial charge is 0.267 e. The lowest BCUT2D eigenvalue weighted by Crippen LogP contribution is -2.22. The summed E-state index contributed by atoms with van der Waals surface area (Å²) in [6.07, 6.45) is 0. The van der Waals surface area contributed by atoms with Gasteiger partial charge in [-0.15, -0.1) is 10.2 Å². The average Bonchev–Trinajstić information content (AvgIpc) is 3.24. The molecule has 0 aliphatic rings. The van der Waals surface area contributed by atoms with Crippen LogP contribution in [0.3, 0.4) is 0 Å². The van der Waals surface area contributed by atoms with Gasteiger partial charge < -0.3 is 5.32 Å². The van der Waals surface area contributed by atoms with E-state index in [0.717, 1.165) is 22.5 Å². The maximum Gasteiger partial charge on any atom is 0.267 e. The van der Waals surface area contributed by atoms with Gasteiger partial charge in [-0.2, -0.15) is 0 Å². The Kier molecular flexibility index (Phi) is 5.43. The number of nitrogens with one attached hydrogen (secondary N) is 1. The van der Waals surface area contributed by atoms with E-state index in [9.17, 15) is 9.59 Å². The number of amides is 1. The zero-order valence-electron chi connectivity index (χ0n) is 18.1. The second-order valence-electron chi connectivity index (χ2n) is 7.77. The molecular weight excluding hydrogens is 434 g/mol. The van der Waals surface area contributed by atoms with Crippen molar-refractivity contribution in [2.75, 3.05) is 11.1 Å². The third-order valence-corrected chi connectivity index (χ3v) is 6.32. The van der Waals surface area contributed by atoms with Gasteiger partial charge in [0, 0.05) is 5.69 Å². The van der Waals surface area contributed by atoms with Gasteiger partial charge in [0.15, 0.2) is 5.16 Å². The first-order chi connectivity index (χ1) is 16.0. The fraction of sp³-hybridized carbons (Fsp3) is 0.120. The highest BCUT2D eigenvalue weighted by molar-refractivity contribution is 7.99. The van der Waals surface area contributed by atoms with Crippen LogP contribution in [-0.2, 0) is 4.79 Å². The molecule has 0 aliphatic heterocycles. The molecule has 5 aromatic rings. The molecule has 0 bridgehead atoms. The van der Waals surface area contributed by atoms with E-state index >= 15 is 0 Å². The summed E-state index contributed by atoms with van der Waals surface area (Å²) in [4.78, 5) is 26.0. The van der Waals surface area contributed by atoms with Gasteiger partial charge in [-0.05, 0) is 55.3 Å². The first-order valence-corrected chi connectivity index (χ1v) is 11.5. The van der Waals surface area contributed by atoms with Gasteiger partial charge in [-0.3, -0.25) is 14.0 Å². The standard InChI is InChI=1S/C25H21N5O2S/c1-16-12-13-17(2)21(14-16)29-23(32)19-10-6-7-11-20(19)30-24(29)27-28-25(30)33-15-22(31)26-18-8-4-3-5-9-18/h3-14H,15H2,1-2H3,(H,26,31). The Labute approximate surface area is 194 Å². The minimum absolute atomic E-state index is 0.143. The Morgan fingerprint density at radius 2 is 1.73 bits per heavy atom. The highest BCUT2D eigenvalue weighted by Gasteiger charge is 2.19. The van der Waals surface area contributed by atoms with Gasteiger partial charge in [0.25, 0.3) is 5.56 Å². The predicted octanol–water partition coefficient (Wildman–Crippen LogP) is 4.38. The van der Waals surface area contributed by atoms with E-state index in [0.29, 0.717) is 21.8 Å². The highest BCUT2D eigenvalue weighted by atomic mass is 32.2. The summed E-state index contributed by atoms with van der Waals surface area (Å²) in [5.74, 6) is 0.431. The molecule has 0 saturated carbocycles. The molecule has 33 heavy (non-hydrogen) atoms. The maximum absolute atomic E-state index is 13.5. The van der Waals surface area contributed by atoms with Crippen molar-refractivity contribution >= 4 is 40.0 Å². The largest absolute Gasteiger partial charge is 0.325 e. The first kappa shape index (κ1) is 21.0. The van der Waals surface area contributed by atoms with Crippen molar-refractivity contribution in [2.45, 2.75) is 19.0 Å².